The van der Waals surface area contributed by atoms with E-state index in [-0.39, 0.29) is 36.4 Å². The lowest BCUT2D eigenvalue weighted by molar-refractivity contribution is -0.127. The third-order valence-electron chi connectivity index (χ3n) is 3.96. The minimum atomic E-state index is -0.0123. The van der Waals surface area contributed by atoms with Crippen molar-refractivity contribution in [1.29, 1.82) is 0 Å². The van der Waals surface area contributed by atoms with Crippen LogP contribution in [0, 0.1) is 0 Å². The lowest BCUT2D eigenvalue weighted by atomic mass is 10.3. The Morgan fingerprint density at radius 3 is 2.54 bits per heavy atom. The van der Waals surface area contributed by atoms with Crippen LogP contribution in [0.3, 0.4) is 0 Å². The van der Waals surface area contributed by atoms with Gasteiger partial charge in [-0.1, -0.05) is 18.2 Å². The highest BCUT2D eigenvalue weighted by molar-refractivity contribution is 14.0. The molecule has 1 aliphatic heterocycles. The van der Waals surface area contributed by atoms with Crippen molar-refractivity contribution in [3.05, 3.63) is 36.5 Å². The molecule has 0 aliphatic carbocycles. The van der Waals surface area contributed by atoms with Gasteiger partial charge < -0.3 is 20.0 Å². The predicted molar refractivity (Wildman–Crippen MR) is 117 cm³/mol. The number of nitrogens with zero attached hydrogens (tertiary/aromatic N) is 5. The molecule has 144 valence electrons. The molecule has 0 atom stereocenters. The quantitative estimate of drug-likeness (QED) is 0.304. The topological polar surface area (TPSA) is 64.1 Å². The Hall–Kier alpha value is -1.84. The summed E-state index contributed by atoms with van der Waals surface area (Å²) in [6, 6.07) is 5.95. The molecule has 26 heavy (non-hydrogen) atoms. The van der Waals surface area contributed by atoms with Crippen LogP contribution in [0.1, 0.15) is 6.92 Å². The first-order valence-corrected chi connectivity index (χ1v) is 8.51. The lowest BCUT2D eigenvalue weighted by Gasteiger charge is -2.37. The van der Waals surface area contributed by atoms with Gasteiger partial charge in [0.05, 0.1) is 0 Å². The molecule has 0 unspecified atom stereocenters. The van der Waals surface area contributed by atoms with Crippen LogP contribution in [-0.2, 0) is 4.79 Å². The van der Waals surface area contributed by atoms with Gasteiger partial charge in [0.2, 0.25) is 5.91 Å². The minimum Gasteiger partial charge on any atom is -0.353 e. The number of guanidine groups is 1. The SMILES string of the molecule is C=C(C)CNC(=NCC(=O)N(C)C)N1CCN(c2ccccn2)CC1.I. The van der Waals surface area contributed by atoms with Gasteiger partial charge in [0.25, 0.3) is 0 Å². The molecular formula is C18H29IN6O. The summed E-state index contributed by atoms with van der Waals surface area (Å²) in [7, 11) is 3.48. The van der Waals surface area contributed by atoms with Gasteiger partial charge in [-0.2, -0.15) is 0 Å². The summed E-state index contributed by atoms with van der Waals surface area (Å²) in [4.78, 5) is 26.8. The van der Waals surface area contributed by atoms with Crippen LogP contribution in [0.2, 0.25) is 0 Å². The molecule has 0 saturated carbocycles. The Morgan fingerprint density at radius 2 is 2.00 bits per heavy atom. The molecule has 7 nitrogen and oxygen atoms in total. The molecular weight excluding hydrogens is 443 g/mol. The Kier molecular flexibility index (Phi) is 9.39. The Labute approximate surface area is 173 Å². The van der Waals surface area contributed by atoms with Crippen LogP contribution in [-0.4, -0.2) is 80.0 Å². The molecule has 1 saturated heterocycles. The molecule has 2 rings (SSSR count). The molecule has 1 aromatic heterocycles. The average Bonchev–Trinajstić information content (AvgIpc) is 2.62. The van der Waals surface area contributed by atoms with Crippen LogP contribution < -0.4 is 10.2 Å². The molecule has 0 radical (unpaired) electrons. The van der Waals surface area contributed by atoms with Crippen molar-refractivity contribution in [1.82, 2.24) is 20.1 Å². The molecule has 0 spiro atoms. The van der Waals surface area contributed by atoms with Gasteiger partial charge in [-0.3, -0.25) is 4.79 Å². The summed E-state index contributed by atoms with van der Waals surface area (Å²) in [6.07, 6.45) is 1.82. The van der Waals surface area contributed by atoms with Crippen molar-refractivity contribution in [3.63, 3.8) is 0 Å². The van der Waals surface area contributed by atoms with E-state index >= 15 is 0 Å². The van der Waals surface area contributed by atoms with Gasteiger partial charge in [0, 0.05) is 53.0 Å². The van der Waals surface area contributed by atoms with Crippen LogP contribution in [0.5, 0.6) is 0 Å². The van der Waals surface area contributed by atoms with Gasteiger partial charge >= 0.3 is 0 Å². The molecule has 1 aromatic rings. The number of piperazine rings is 1. The number of hydrogen-bond donors (Lipinski definition) is 1. The van der Waals surface area contributed by atoms with Crippen molar-refractivity contribution < 1.29 is 4.79 Å². The Balaban J connectivity index is 0.00000338. The van der Waals surface area contributed by atoms with Crippen LogP contribution >= 0.6 is 24.0 Å². The number of carbonyl (C=O) groups is 1. The molecule has 0 bridgehead atoms. The Bertz CT molecular complexity index is 611. The third-order valence-corrected chi connectivity index (χ3v) is 3.96. The normalized spacial score (nSPS) is 14.5. The van der Waals surface area contributed by atoms with Gasteiger partial charge in [-0.05, 0) is 19.1 Å². The van der Waals surface area contributed by atoms with Crippen molar-refractivity contribution in [2.24, 2.45) is 4.99 Å². The van der Waals surface area contributed by atoms with E-state index in [0.717, 1.165) is 43.5 Å². The van der Waals surface area contributed by atoms with Crippen LogP contribution in [0.15, 0.2) is 41.5 Å². The summed E-state index contributed by atoms with van der Waals surface area (Å²) < 4.78 is 0. The summed E-state index contributed by atoms with van der Waals surface area (Å²) >= 11 is 0. The maximum Gasteiger partial charge on any atom is 0.243 e. The number of amides is 1. The molecule has 8 heteroatoms. The first-order chi connectivity index (χ1) is 12.0. The zero-order chi connectivity index (χ0) is 18.2. The van der Waals surface area contributed by atoms with Gasteiger partial charge in [-0.25, -0.2) is 9.98 Å². The third kappa shape index (κ3) is 6.81. The predicted octanol–water partition coefficient (Wildman–Crippen LogP) is 1.43. The number of likely N-dealkylation sites (N-methyl/N-ethyl adjacent to an activating group) is 1. The second-order valence-corrected chi connectivity index (χ2v) is 6.40. The number of nitrogens with one attached hydrogen (secondary N) is 1. The maximum absolute atomic E-state index is 11.8. The van der Waals surface area contributed by atoms with E-state index in [9.17, 15) is 4.79 Å². The number of anilines is 1. The van der Waals surface area contributed by atoms with Crippen LogP contribution in [0.25, 0.3) is 0 Å². The lowest BCUT2D eigenvalue weighted by Crippen LogP contribution is -2.53. The van der Waals surface area contributed by atoms with Crippen molar-refractivity contribution in [2.75, 3.05) is 58.3 Å². The first kappa shape index (κ1) is 22.2. The van der Waals surface area contributed by atoms with E-state index < -0.39 is 0 Å². The summed E-state index contributed by atoms with van der Waals surface area (Å²) in [5.41, 5.74) is 1.03. The number of aliphatic imine (C=N–C) groups is 1. The number of hydrogen-bond acceptors (Lipinski definition) is 4. The van der Waals surface area contributed by atoms with Gasteiger partial charge in [-0.15, -0.1) is 24.0 Å². The molecule has 1 N–H and O–H groups in total. The molecule has 1 amide bonds. The number of carbonyl (C=O) groups excluding carboxylic acids is 1. The maximum atomic E-state index is 11.8. The van der Waals surface area contributed by atoms with Crippen molar-refractivity contribution >= 4 is 41.7 Å². The summed E-state index contributed by atoms with van der Waals surface area (Å²) in [6.45, 7) is 10.1. The van der Waals surface area contributed by atoms with E-state index in [4.69, 9.17) is 0 Å². The van der Waals surface area contributed by atoms with E-state index in [1.54, 1.807) is 19.0 Å². The number of rotatable bonds is 5. The molecule has 1 fully saturated rings. The van der Waals surface area contributed by atoms with Crippen molar-refractivity contribution in [3.8, 4) is 0 Å². The number of pyridine rings is 1. The van der Waals surface area contributed by atoms with E-state index in [0.29, 0.717) is 6.54 Å². The van der Waals surface area contributed by atoms with E-state index in [1.807, 2.05) is 31.3 Å². The highest BCUT2D eigenvalue weighted by Crippen LogP contribution is 2.12. The van der Waals surface area contributed by atoms with Gasteiger partial charge in [0.1, 0.15) is 12.4 Å². The van der Waals surface area contributed by atoms with Crippen LogP contribution in [0.4, 0.5) is 5.82 Å². The van der Waals surface area contributed by atoms with Crippen molar-refractivity contribution in [2.45, 2.75) is 6.92 Å². The largest absolute Gasteiger partial charge is 0.353 e. The average molecular weight is 472 g/mol. The highest BCUT2D eigenvalue weighted by Gasteiger charge is 2.20. The minimum absolute atomic E-state index is 0. The zero-order valence-corrected chi connectivity index (χ0v) is 18.1. The number of aromatic nitrogens is 1. The van der Waals surface area contributed by atoms with Gasteiger partial charge in [0.15, 0.2) is 5.96 Å². The summed E-state index contributed by atoms with van der Waals surface area (Å²) in [5, 5.41) is 3.31. The highest BCUT2D eigenvalue weighted by atomic mass is 127. The first-order valence-electron chi connectivity index (χ1n) is 8.51. The fraction of sp³-hybridized carbons (Fsp3) is 0.500. The standard InChI is InChI=1S/C18H28N6O.HI/c1-15(2)13-20-18(21-14-17(25)22(3)4)24-11-9-23(10-12-24)16-7-5-6-8-19-16;/h5-8H,1,9-14H2,2-4H3,(H,20,21);1H. The fourth-order valence-corrected chi connectivity index (χ4v) is 2.47. The molecule has 1 aliphatic rings. The molecule has 2 heterocycles. The second kappa shape index (κ2) is 11.0. The second-order valence-electron chi connectivity index (χ2n) is 6.40. The molecule has 0 aromatic carbocycles. The monoisotopic (exact) mass is 472 g/mol. The fourth-order valence-electron chi connectivity index (χ4n) is 2.47. The Morgan fingerprint density at radius 1 is 1.31 bits per heavy atom. The number of halogens is 1. The van der Waals surface area contributed by atoms with E-state index in [2.05, 4.69) is 31.7 Å². The zero-order valence-electron chi connectivity index (χ0n) is 15.8. The smallest absolute Gasteiger partial charge is 0.243 e. The van der Waals surface area contributed by atoms with E-state index in [1.165, 1.54) is 0 Å². The summed E-state index contributed by atoms with van der Waals surface area (Å²) in [5.74, 6) is 1.75.